The number of benzene rings is 2. The molecule has 4 nitrogen and oxygen atoms in total. The zero-order valence-electron chi connectivity index (χ0n) is 15.4. The molecule has 26 heavy (non-hydrogen) atoms. The van der Waals surface area contributed by atoms with Gasteiger partial charge in [0.15, 0.2) is 5.78 Å². The van der Waals surface area contributed by atoms with Crippen molar-refractivity contribution < 1.29 is 14.3 Å². The maximum Gasteiger partial charge on any atom is 0.194 e. The van der Waals surface area contributed by atoms with Crippen LogP contribution in [0.4, 0.5) is 0 Å². The fourth-order valence-corrected chi connectivity index (χ4v) is 3.99. The van der Waals surface area contributed by atoms with Crippen molar-refractivity contribution >= 4 is 5.78 Å². The van der Waals surface area contributed by atoms with Crippen molar-refractivity contribution in [2.75, 3.05) is 13.2 Å². The van der Waals surface area contributed by atoms with Crippen LogP contribution in [0.2, 0.25) is 0 Å². The number of nitrogens with one attached hydrogen (secondary N) is 1. The van der Waals surface area contributed by atoms with E-state index in [1.54, 1.807) is 0 Å². The van der Waals surface area contributed by atoms with Crippen LogP contribution >= 0.6 is 0 Å². The van der Waals surface area contributed by atoms with Crippen LogP contribution in [0.25, 0.3) is 11.1 Å². The summed E-state index contributed by atoms with van der Waals surface area (Å²) in [6.07, 6.45) is 3.65. The number of hydrogen-bond donors (Lipinski definition) is 1. The highest BCUT2D eigenvalue weighted by molar-refractivity contribution is 6.22. The topological polar surface area (TPSA) is 47.6 Å². The molecule has 2 aromatic rings. The van der Waals surface area contributed by atoms with Crippen LogP contribution in [0.5, 0.6) is 11.5 Å². The van der Waals surface area contributed by atoms with Gasteiger partial charge in [-0.3, -0.25) is 4.79 Å². The molecule has 4 heteroatoms. The van der Waals surface area contributed by atoms with Crippen molar-refractivity contribution in [1.29, 1.82) is 0 Å². The second-order valence-electron chi connectivity index (χ2n) is 7.03. The van der Waals surface area contributed by atoms with Gasteiger partial charge in [0.05, 0.1) is 6.61 Å². The lowest BCUT2D eigenvalue weighted by molar-refractivity contribution is 0.104. The van der Waals surface area contributed by atoms with Crippen LogP contribution in [0.1, 0.15) is 49.0 Å². The Morgan fingerprint density at radius 3 is 2.81 bits per heavy atom. The van der Waals surface area contributed by atoms with Gasteiger partial charge in [0.2, 0.25) is 0 Å². The van der Waals surface area contributed by atoms with Crippen LogP contribution in [0, 0.1) is 0 Å². The van der Waals surface area contributed by atoms with Crippen molar-refractivity contribution in [3.05, 3.63) is 47.5 Å². The molecular formula is C22H25NO3. The summed E-state index contributed by atoms with van der Waals surface area (Å²) in [4.78, 5) is 12.9. The molecule has 1 saturated heterocycles. The molecule has 0 bridgehead atoms. The van der Waals surface area contributed by atoms with Gasteiger partial charge in [0, 0.05) is 22.7 Å². The van der Waals surface area contributed by atoms with E-state index in [1.165, 1.54) is 12.8 Å². The summed E-state index contributed by atoms with van der Waals surface area (Å²) in [6.45, 7) is 5.68. The molecule has 136 valence electrons. The highest BCUT2D eigenvalue weighted by Gasteiger charge is 2.31. The Kier molecular flexibility index (Phi) is 4.68. The maximum atomic E-state index is 12.9. The second-order valence-corrected chi connectivity index (χ2v) is 7.03. The molecule has 0 spiro atoms. The van der Waals surface area contributed by atoms with Crippen LogP contribution in [-0.2, 0) is 0 Å². The average molecular weight is 351 g/mol. The van der Waals surface area contributed by atoms with Gasteiger partial charge in [-0.05, 0) is 63.1 Å². The molecular weight excluding hydrogens is 326 g/mol. The summed E-state index contributed by atoms with van der Waals surface area (Å²) in [7, 11) is 0. The Labute approximate surface area is 154 Å². The van der Waals surface area contributed by atoms with E-state index >= 15 is 0 Å². The van der Waals surface area contributed by atoms with Crippen LogP contribution in [0.3, 0.4) is 0 Å². The average Bonchev–Trinajstić information content (AvgIpc) is 2.96. The number of carbonyl (C=O) groups is 1. The van der Waals surface area contributed by atoms with Crippen molar-refractivity contribution in [3.8, 4) is 22.6 Å². The molecule has 2 aliphatic rings. The Bertz CT molecular complexity index is 824. The second kappa shape index (κ2) is 7.12. The monoisotopic (exact) mass is 351 g/mol. The number of ketones is 1. The van der Waals surface area contributed by atoms with Crippen LogP contribution in [0.15, 0.2) is 36.4 Å². The van der Waals surface area contributed by atoms with E-state index < -0.39 is 0 Å². The quantitative estimate of drug-likeness (QED) is 0.748. The van der Waals surface area contributed by atoms with Crippen molar-refractivity contribution in [2.24, 2.45) is 0 Å². The molecule has 4 rings (SSSR count). The number of hydrogen-bond acceptors (Lipinski definition) is 4. The van der Waals surface area contributed by atoms with Crippen molar-refractivity contribution in [2.45, 2.75) is 45.3 Å². The Hall–Kier alpha value is -2.33. The molecule has 0 amide bonds. The molecule has 2 aromatic carbocycles. The highest BCUT2D eigenvalue weighted by Crippen LogP contribution is 2.44. The lowest BCUT2D eigenvalue weighted by atomic mass is 10.0. The maximum absolute atomic E-state index is 12.9. The van der Waals surface area contributed by atoms with Gasteiger partial charge >= 0.3 is 0 Å². The number of ether oxygens (including phenoxy) is 2. The molecule has 1 aliphatic carbocycles. The lowest BCUT2D eigenvalue weighted by Gasteiger charge is -2.30. The fourth-order valence-electron chi connectivity index (χ4n) is 3.99. The molecule has 1 heterocycles. The molecule has 1 N–H and O–H groups in total. The van der Waals surface area contributed by atoms with E-state index in [0.717, 1.165) is 41.2 Å². The largest absolute Gasteiger partial charge is 0.494 e. The zero-order chi connectivity index (χ0) is 18.1. The van der Waals surface area contributed by atoms with Gasteiger partial charge in [-0.15, -0.1) is 0 Å². The molecule has 0 aromatic heterocycles. The molecule has 0 radical (unpaired) electrons. The first kappa shape index (κ1) is 17.1. The Balaban J connectivity index is 1.67. The zero-order valence-corrected chi connectivity index (χ0v) is 15.4. The van der Waals surface area contributed by atoms with E-state index in [1.807, 2.05) is 43.3 Å². The van der Waals surface area contributed by atoms with Crippen molar-refractivity contribution in [1.82, 2.24) is 5.32 Å². The van der Waals surface area contributed by atoms with Crippen LogP contribution in [-0.4, -0.2) is 31.1 Å². The van der Waals surface area contributed by atoms with E-state index in [2.05, 4.69) is 12.2 Å². The molecule has 0 saturated carbocycles. The van der Waals surface area contributed by atoms with E-state index in [0.29, 0.717) is 18.2 Å². The molecule has 1 fully saturated rings. The SMILES string of the molecule is CCOc1ccc2c(c1)C(=O)c1cccc(OC(C)C3CCCCN3)c1-2. The summed E-state index contributed by atoms with van der Waals surface area (Å²) in [5.74, 6) is 1.57. The molecule has 2 unspecified atom stereocenters. The van der Waals surface area contributed by atoms with Crippen molar-refractivity contribution in [3.63, 3.8) is 0 Å². The third-order valence-corrected chi connectivity index (χ3v) is 5.31. The third-order valence-electron chi connectivity index (χ3n) is 5.31. The van der Waals surface area contributed by atoms with Crippen LogP contribution < -0.4 is 14.8 Å². The molecule has 2 atom stereocenters. The van der Waals surface area contributed by atoms with E-state index in [-0.39, 0.29) is 11.9 Å². The summed E-state index contributed by atoms with van der Waals surface area (Å²) >= 11 is 0. The predicted molar refractivity (Wildman–Crippen MR) is 102 cm³/mol. The minimum Gasteiger partial charge on any atom is -0.494 e. The third kappa shape index (κ3) is 2.99. The summed E-state index contributed by atoms with van der Waals surface area (Å²) in [5.41, 5.74) is 3.27. The number of fused-ring (bicyclic) bond motifs is 3. The van der Waals surface area contributed by atoms with Gasteiger partial charge in [0.1, 0.15) is 17.6 Å². The van der Waals surface area contributed by atoms with Gasteiger partial charge in [0.25, 0.3) is 0 Å². The predicted octanol–water partition coefficient (Wildman–Crippen LogP) is 4.21. The highest BCUT2D eigenvalue weighted by atomic mass is 16.5. The van der Waals surface area contributed by atoms with Gasteiger partial charge < -0.3 is 14.8 Å². The number of carbonyl (C=O) groups excluding carboxylic acids is 1. The number of rotatable bonds is 5. The van der Waals surface area contributed by atoms with E-state index in [9.17, 15) is 4.79 Å². The first-order valence-electron chi connectivity index (χ1n) is 9.54. The summed E-state index contributed by atoms with van der Waals surface area (Å²) in [6, 6.07) is 11.9. The summed E-state index contributed by atoms with van der Waals surface area (Å²) < 4.78 is 11.9. The van der Waals surface area contributed by atoms with Gasteiger partial charge in [-0.2, -0.15) is 0 Å². The lowest BCUT2D eigenvalue weighted by Crippen LogP contribution is -2.44. The number of piperidine rings is 1. The van der Waals surface area contributed by atoms with Gasteiger partial charge in [-0.1, -0.05) is 18.6 Å². The first-order valence-corrected chi connectivity index (χ1v) is 9.54. The van der Waals surface area contributed by atoms with E-state index in [4.69, 9.17) is 9.47 Å². The fraction of sp³-hybridized carbons (Fsp3) is 0.409. The molecule has 1 aliphatic heterocycles. The van der Waals surface area contributed by atoms with Gasteiger partial charge in [-0.25, -0.2) is 0 Å². The summed E-state index contributed by atoms with van der Waals surface area (Å²) in [5, 5.41) is 3.55. The minimum atomic E-state index is 0.0467. The normalized spacial score (nSPS) is 19.6. The standard InChI is InChI=1S/C22H25NO3/c1-3-25-15-10-11-16-18(13-15)22(24)17-7-6-9-20(21(16)17)26-14(2)19-8-4-5-12-23-19/h6-7,9-11,13-14,19,23H,3-5,8,12H2,1-2H3. The smallest absolute Gasteiger partial charge is 0.194 e. The Morgan fingerprint density at radius 1 is 1.15 bits per heavy atom. The minimum absolute atomic E-state index is 0.0467. The Morgan fingerprint density at radius 2 is 2.04 bits per heavy atom. The first-order chi connectivity index (χ1) is 12.7.